The highest BCUT2D eigenvalue weighted by molar-refractivity contribution is 6.33. The molecule has 2 aromatic rings. The van der Waals surface area contributed by atoms with E-state index in [0.29, 0.717) is 5.02 Å². The Hall–Kier alpha value is -1.81. The molecule has 0 saturated carbocycles. The Kier molecular flexibility index (Phi) is 3.44. The Morgan fingerprint density at radius 1 is 1.24 bits per heavy atom. The van der Waals surface area contributed by atoms with Crippen LogP contribution < -0.4 is 10.1 Å². The van der Waals surface area contributed by atoms with E-state index in [1.807, 2.05) is 25.2 Å². The van der Waals surface area contributed by atoms with E-state index in [0.717, 1.165) is 22.8 Å². The van der Waals surface area contributed by atoms with E-state index in [1.165, 1.54) is 6.33 Å². The Balaban J connectivity index is 2.45. The van der Waals surface area contributed by atoms with Crippen molar-refractivity contribution in [2.45, 2.75) is 0 Å². The van der Waals surface area contributed by atoms with Gasteiger partial charge in [-0.15, -0.1) is 0 Å². The van der Waals surface area contributed by atoms with Crippen LogP contribution in [0.3, 0.4) is 0 Å². The molecule has 1 aromatic heterocycles. The summed E-state index contributed by atoms with van der Waals surface area (Å²) in [6.45, 7) is 0. The highest BCUT2D eigenvalue weighted by atomic mass is 35.5. The predicted octanol–water partition coefficient (Wildman–Crippen LogP) is 2.85. The summed E-state index contributed by atoms with van der Waals surface area (Å²) in [5.41, 5.74) is 1.63. The quantitative estimate of drug-likeness (QED) is 0.909. The van der Waals surface area contributed by atoms with E-state index < -0.39 is 0 Å². The third-order valence-electron chi connectivity index (χ3n) is 2.38. The molecule has 4 nitrogen and oxygen atoms in total. The standard InChI is InChI=1S/C12H12ClN3O/c1-14-12-6-11(15-7-16-12)9-4-3-8(17-2)5-10(9)13/h3-7H,1-2H3,(H,14,15,16). The number of rotatable bonds is 3. The Bertz CT molecular complexity index is 531. The van der Waals surface area contributed by atoms with Crippen LogP contribution >= 0.6 is 11.6 Å². The van der Waals surface area contributed by atoms with Crippen LogP contribution in [0, 0.1) is 0 Å². The molecule has 88 valence electrons. The first-order valence-electron chi connectivity index (χ1n) is 5.08. The fourth-order valence-corrected chi connectivity index (χ4v) is 1.74. The first kappa shape index (κ1) is 11.7. The summed E-state index contributed by atoms with van der Waals surface area (Å²) in [5.74, 6) is 1.48. The maximum Gasteiger partial charge on any atom is 0.129 e. The zero-order chi connectivity index (χ0) is 12.3. The summed E-state index contributed by atoms with van der Waals surface area (Å²) in [6, 6.07) is 7.33. The fourth-order valence-electron chi connectivity index (χ4n) is 1.47. The number of ether oxygens (including phenoxy) is 1. The van der Waals surface area contributed by atoms with E-state index in [1.54, 1.807) is 13.2 Å². The smallest absolute Gasteiger partial charge is 0.129 e. The molecule has 0 saturated heterocycles. The SMILES string of the molecule is CNc1cc(-c2ccc(OC)cc2Cl)ncn1. The second-order valence-electron chi connectivity index (χ2n) is 3.38. The number of methoxy groups -OCH3 is 1. The summed E-state index contributed by atoms with van der Waals surface area (Å²) in [6.07, 6.45) is 1.50. The zero-order valence-corrected chi connectivity index (χ0v) is 10.3. The molecular weight excluding hydrogens is 238 g/mol. The summed E-state index contributed by atoms with van der Waals surface area (Å²) in [5, 5.41) is 3.56. The lowest BCUT2D eigenvalue weighted by Gasteiger charge is -2.07. The van der Waals surface area contributed by atoms with Gasteiger partial charge >= 0.3 is 0 Å². The van der Waals surface area contributed by atoms with Crippen molar-refractivity contribution in [3.63, 3.8) is 0 Å². The van der Waals surface area contributed by atoms with Gasteiger partial charge in [-0.25, -0.2) is 9.97 Å². The largest absolute Gasteiger partial charge is 0.497 e. The molecule has 2 rings (SSSR count). The Morgan fingerprint density at radius 3 is 2.71 bits per heavy atom. The number of hydrogen-bond donors (Lipinski definition) is 1. The van der Waals surface area contributed by atoms with Gasteiger partial charge in [-0.2, -0.15) is 0 Å². The van der Waals surface area contributed by atoms with Gasteiger partial charge in [0.15, 0.2) is 0 Å². The molecule has 0 amide bonds. The fraction of sp³-hybridized carbons (Fsp3) is 0.167. The highest BCUT2D eigenvalue weighted by Crippen LogP contribution is 2.30. The number of hydrogen-bond acceptors (Lipinski definition) is 4. The number of nitrogens with zero attached hydrogens (tertiary/aromatic N) is 2. The second-order valence-corrected chi connectivity index (χ2v) is 3.79. The number of nitrogens with one attached hydrogen (secondary N) is 1. The van der Waals surface area contributed by atoms with Gasteiger partial charge in [0.05, 0.1) is 17.8 Å². The summed E-state index contributed by atoms with van der Waals surface area (Å²) in [7, 11) is 3.41. The van der Waals surface area contributed by atoms with Crippen LogP contribution in [0.15, 0.2) is 30.6 Å². The van der Waals surface area contributed by atoms with Crippen molar-refractivity contribution in [2.75, 3.05) is 19.5 Å². The summed E-state index contributed by atoms with van der Waals surface area (Å²) in [4.78, 5) is 8.25. The van der Waals surface area contributed by atoms with E-state index >= 15 is 0 Å². The van der Waals surface area contributed by atoms with Crippen LogP contribution in [0.5, 0.6) is 5.75 Å². The van der Waals surface area contributed by atoms with Crippen molar-refractivity contribution in [1.29, 1.82) is 0 Å². The molecule has 1 N–H and O–H groups in total. The first-order chi connectivity index (χ1) is 8.24. The molecule has 0 radical (unpaired) electrons. The van der Waals surface area contributed by atoms with Crippen LogP contribution in [0.4, 0.5) is 5.82 Å². The summed E-state index contributed by atoms with van der Waals surface area (Å²) >= 11 is 6.18. The molecule has 0 aliphatic heterocycles. The Morgan fingerprint density at radius 2 is 2.06 bits per heavy atom. The normalized spacial score (nSPS) is 10.1. The molecule has 0 spiro atoms. The van der Waals surface area contributed by atoms with Crippen molar-refractivity contribution in [3.8, 4) is 17.0 Å². The zero-order valence-electron chi connectivity index (χ0n) is 9.57. The van der Waals surface area contributed by atoms with Gasteiger partial charge in [-0.1, -0.05) is 11.6 Å². The third-order valence-corrected chi connectivity index (χ3v) is 2.69. The summed E-state index contributed by atoms with van der Waals surface area (Å²) < 4.78 is 5.10. The maximum absolute atomic E-state index is 6.18. The van der Waals surface area contributed by atoms with Gasteiger partial charge in [0.2, 0.25) is 0 Å². The monoisotopic (exact) mass is 249 g/mol. The third kappa shape index (κ3) is 2.47. The lowest BCUT2D eigenvalue weighted by molar-refractivity contribution is 0.415. The molecule has 0 fully saturated rings. The number of benzene rings is 1. The number of anilines is 1. The van der Waals surface area contributed by atoms with Gasteiger partial charge in [0.1, 0.15) is 17.9 Å². The van der Waals surface area contributed by atoms with E-state index in [9.17, 15) is 0 Å². The lowest BCUT2D eigenvalue weighted by atomic mass is 10.1. The van der Waals surface area contributed by atoms with Crippen molar-refractivity contribution in [2.24, 2.45) is 0 Å². The van der Waals surface area contributed by atoms with Crippen molar-refractivity contribution in [3.05, 3.63) is 35.6 Å². The van der Waals surface area contributed by atoms with Crippen LogP contribution in [0.2, 0.25) is 5.02 Å². The Labute approximate surface area is 105 Å². The lowest BCUT2D eigenvalue weighted by Crippen LogP contribution is -1.94. The van der Waals surface area contributed by atoms with Gasteiger partial charge in [-0.05, 0) is 18.2 Å². The van der Waals surface area contributed by atoms with Crippen molar-refractivity contribution >= 4 is 17.4 Å². The van der Waals surface area contributed by atoms with Gasteiger partial charge in [0.25, 0.3) is 0 Å². The van der Waals surface area contributed by atoms with E-state index in [-0.39, 0.29) is 0 Å². The number of halogens is 1. The van der Waals surface area contributed by atoms with Crippen molar-refractivity contribution < 1.29 is 4.74 Å². The maximum atomic E-state index is 6.18. The van der Waals surface area contributed by atoms with Gasteiger partial charge in [0, 0.05) is 18.7 Å². The van der Waals surface area contributed by atoms with Gasteiger partial charge < -0.3 is 10.1 Å². The van der Waals surface area contributed by atoms with E-state index in [2.05, 4.69) is 15.3 Å². The molecule has 0 unspecified atom stereocenters. The molecular formula is C12H12ClN3O. The minimum Gasteiger partial charge on any atom is -0.497 e. The van der Waals surface area contributed by atoms with Crippen LogP contribution in [-0.2, 0) is 0 Å². The average molecular weight is 250 g/mol. The topological polar surface area (TPSA) is 47.0 Å². The molecule has 0 aliphatic carbocycles. The van der Waals surface area contributed by atoms with Crippen LogP contribution in [-0.4, -0.2) is 24.1 Å². The second kappa shape index (κ2) is 5.01. The minimum atomic E-state index is 0.602. The van der Waals surface area contributed by atoms with Crippen molar-refractivity contribution in [1.82, 2.24) is 9.97 Å². The van der Waals surface area contributed by atoms with E-state index in [4.69, 9.17) is 16.3 Å². The molecule has 0 atom stereocenters. The minimum absolute atomic E-state index is 0.602. The molecule has 0 bridgehead atoms. The molecule has 17 heavy (non-hydrogen) atoms. The number of aromatic nitrogens is 2. The molecule has 5 heteroatoms. The van der Waals surface area contributed by atoms with Crippen LogP contribution in [0.25, 0.3) is 11.3 Å². The molecule has 1 aromatic carbocycles. The highest BCUT2D eigenvalue weighted by Gasteiger charge is 2.07. The average Bonchev–Trinajstić information content (AvgIpc) is 2.38. The molecule has 1 heterocycles. The molecule has 0 aliphatic rings. The predicted molar refractivity (Wildman–Crippen MR) is 68.6 cm³/mol. The first-order valence-corrected chi connectivity index (χ1v) is 5.46. The van der Waals surface area contributed by atoms with Gasteiger partial charge in [-0.3, -0.25) is 0 Å². The van der Waals surface area contributed by atoms with Crippen LogP contribution in [0.1, 0.15) is 0 Å².